The van der Waals surface area contributed by atoms with Gasteiger partial charge in [0.05, 0.1) is 6.54 Å². The highest BCUT2D eigenvalue weighted by Gasteiger charge is 2.40. The molecule has 1 amide bonds. The molecule has 0 aromatic heterocycles. The van der Waals surface area contributed by atoms with Gasteiger partial charge in [0.1, 0.15) is 11.3 Å². The Bertz CT molecular complexity index is 318. The first-order chi connectivity index (χ1) is 7.09. The number of rotatable bonds is 0. The zero-order valence-electron chi connectivity index (χ0n) is 9.26. The van der Waals surface area contributed by atoms with Gasteiger partial charge in [-0.25, -0.2) is 4.79 Å². The van der Waals surface area contributed by atoms with Crippen LogP contribution in [0.25, 0.3) is 0 Å². The van der Waals surface area contributed by atoms with Crippen LogP contribution in [0, 0.1) is 0 Å². The summed E-state index contributed by atoms with van der Waals surface area (Å²) in [6.07, 6.45) is -5.62. The number of hydrogen-bond acceptors (Lipinski definition) is 3. The summed E-state index contributed by atoms with van der Waals surface area (Å²) in [7, 11) is 0. The van der Waals surface area contributed by atoms with E-state index in [1.165, 1.54) is 0 Å². The number of carbonyl (C=O) groups excluding carboxylic acids is 1. The Morgan fingerprint density at radius 1 is 1.38 bits per heavy atom. The molecule has 1 aliphatic heterocycles. The van der Waals surface area contributed by atoms with Crippen molar-refractivity contribution in [1.82, 2.24) is 5.01 Å². The van der Waals surface area contributed by atoms with Crippen LogP contribution in [-0.4, -0.2) is 35.1 Å². The lowest BCUT2D eigenvalue weighted by atomic mass is 10.2. The van der Waals surface area contributed by atoms with Gasteiger partial charge in [0.2, 0.25) is 0 Å². The predicted molar refractivity (Wildman–Crippen MR) is 51.0 cm³/mol. The molecule has 1 heterocycles. The molecule has 0 fully saturated rings. The highest BCUT2D eigenvalue weighted by molar-refractivity contribution is 5.92. The average Bonchev–Trinajstić information content (AvgIpc) is 2.46. The largest absolute Gasteiger partial charge is 0.442 e. The SMILES string of the molecule is CC(C)(C)OC(=O)N1CCC(C(F)(F)F)=N1. The number of carbonyl (C=O) groups is 1. The second-order valence-corrected chi connectivity index (χ2v) is 4.40. The number of ether oxygens (including phenoxy) is 1. The molecule has 0 unspecified atom stereocenters. The molecule has 1 rings (SSSR count). The summed E-state index contributed by atoms with van der Waals surface area (Å²) in [6.45, 7) is 4.81. The summed E-state index contributed by atoms with van der Waals surface area (Å²) in [6, 6.07) is 0. The molecule has 0 spiro atoms. The zero-order chi connectivity index (χ0) is 12.6. The minimum absolute atomic E-state index is 0.0935. The maximum absolute atomic E-state index is 12.2. The summed E-state index contributed by atoms with van der Waals surface area (Å²) in [5.41, 5.74) is -1.69. The van der Waals surface area contributed by atoms with Gasteiger partial charge in [0, 0.05) is 6.42 Å². The number of alkyl halides is 3. The molecule has 0 saturated carbocycles. The van der Waals surface area contributed by atoms with E-state index in [-0.39, 0.29) is 13.0 Å². The lowest BCUT2D eigenvalue weighted by molar-refractivity contribution is -0.0600. The van der Waals surface area contributed by atoms with Crippen LogP contribution < -0.4 is 0 Å². The van der Waals surface area contributed by atoms with Crippen molar-refractivity contribution in [1.29, 1.82) is 0 Å². The normalized spacial score (nSPS) is 17.4. The van der Waals surface area contributed by atoms with E-state index in [0.717, 1.165) is 0 Å². The molecule has 16 heavy (non-hydrogen) atoms. The number of halogens is 3. The second kappa shape index (κ2) is 3.95. The summed E-state index contributed by atoms with van der Waals surface area (Å²) < 4.78 is 41.6. The molecule has 0 radical (unpaired) electrons. The maximum Gasteiger partial charge on any atom is 0.431 e. The third-order valence-corrected chi connectivity index (χ3v) is 1.73. The van der Waals surface area contributed by atoms with E-state index in [1.54, 1.807) is 20.8 Å². The van der Waals surface area contributed by atoms with Gasteiger partial charge in [-0.1, -0.05) is 0 Å². The third kappa shape index (κ3) is 3.39. The minimum atomic E-state index is -4.48. The van der Waals surface area contributed by atoms with E-state index in [9.17, 15) is 18.0 Å². The third-order valence-electron chi connectivity index (χ3n) is 1.73. The second-order valence-electron chi connectivity index (χ2n) is 4.40. The van der Waals surface area contributed by atoms with Crippen LogP contribution in [0.3, 0.4) is 0 Å². The van der Waals surface area contributed by atoms with Crippen molar-refractivity contribution < 1.29 is 22.7 Å². The first-order valence-corrected chi connectivity index (χ1v) is 4.75. The van der Waals surface area contributed by atoms with Gasteiger partial charge < -0.3 is 4.74 Å². The first-order valence-electron chi connectivity index (χ1n) is 4.75. The molecule has 0 aromatic carbocycles. The van der Waals surface area contributed by atoms with E-state index < -0.39 is 23.6 Å². The summed E-state index contributed by atoms with van der Waals surface area (Å²) in [5, 5.41) is 3.90. The minimum Gasteiger partial charge on any atom is -0.442 e. The number of hydrazone groups is 1. The van der Waals surface area contributed by atoms with Gasteiger partial charge in [-0.05, 0) is 20.8 Å². The Balaban J connectivity index is 2.66. The zero-order valence-corrected chi connectivity index (χ0v) is 9.26. The van der Waals surface area contributed by atoms with Crippen molar-refractivity contribution in [2.24, 2.45) is 5.10 Å². The molecule has 0 N–H and O–H groups in total. The van der Waals surface area contributed by atoms with Gasteiger partial charge in [0.15, 0.2) is 0 Å². The molecular formula is C9H13F3N2O2. The highest BCUT2D eigenvalue weighted by atomic mass is 19.4. The van der Waals surface area contributed by atoms with E-state index >= 15 is 0 Å². The van der Waals surface area contributed by atoms with Crippen LogP contribution in [0.1, 0.15) is 27.2 Å². The first kappa shape index (κ1) is 12.8. The molecule has 0 saturated heterocycles. The highest BCUT2D eigenvalue weighted by Crippen LogP contribution is 2.24. The Hall–Kier alpha value is -1.27. The Morgan fingerprint density at radius 2 is 1.94 bits per heavy atom. The van der Waals surface area contributed by atoms with Gasteiger partial charge in [0.25, 0.3) is 0 Å². The molecule has 0 aromatic rings. The summed E-state index contributed by atoms with van der Waals surface area (Å²) in [5.74, 6) is 0. The van der Waals surface area contributed by atoms with E-state index in [0.29, 0.717) is 5.01 Å². The van der Waals surface area contributed by atoms with Crippen molar-refractivity contribution in [3.8, 4) is 0 Å². The monoisotopic (exact) mass is 238 g/mol. The van der Waals surface area contributed by atoms with Gasteiger partial charge >= 0.3 is 12.3 Å². The standard InChI is InChI=1S/C9H13F3N2O2/c1-8(2,3)16-7(15)14-5-4-6(13-14)9(10,11)12/h4-5H2,1-3H3. The number of hydrogen-bond donors (Lipinski definition) is 0. The molecule has 7 heteroatoms. The Kier molecular flexibility index (Phi) is 3.16. The Labute approximate surface area is 91.0 Å². The molecular weight excluding hydrogens is 225 g/mol. The van der Waals surface area contributed by atoms with Crippen LogP contribution >= 0.6 is 0 Å². The molecule has 0 bridgehead atoms. The fourth-order valence-electron chi connectivity index (χ4n) is 1.10. The van der Waals surface area contributed by atoms with Gasteiger partial charge in [-0.15, -0.1) is 0 Å². The van der Waals surface area contributed by atoms with E-state index in [1.807, 2.05) is 0 Å². The number of nitrogens with zero attached hydrogens (tertiary/aromatic N) is 2. The molecule has 1 aliphatic rings. The predicted octanol–water partition coefficient (Wildman–Crippen LogP) is 2.55. The molecule has 0 atom stereocenters. The Morgan fingerprint density at radius 3 is 2.31 bits per heavy atom. The quantitative estimate of drug-likeness (QED) is 0.650. The van der Waals surface area contributed by atoms with Crippen molar-refractivity contribution in [3.05, 3.63) is 0 Å². The lowest BCUT2D eigenvalue weighted by Crippen LogP contribution is -2.32. The smallest absolute Gasteiger partial charge is 0.431 e. The van der Waals surface area contributed by atoms with Crippen LogP contribution in [-0.2, 0) is 4.74 Å². The average molecular weight is 238 g/mol. The van der Waals surface area contributed by atoms with Crippen molar-refractivity contribution in [2.45, 2.75) is 39.0 Å². The van der Waals surface area contributed by atoms with Gasteiger partial charge in [-0.2, -0.15) is 23.3 Å². The van der Waals surface area contributed by atoms with E-state index in [2.05, 4.69) is 5.10 Å². The fourth-order valence-corrected chi connectivity index (χ4v) is 1.10. The summed E-state index contributed by atoms with van der Waals surface area (Å²) >= 11 is 0. The van der Waals surface area contributed by atoms with Crippen LogP contribution in [0.2, 0.25) is 0 Å². The lowest BCUT2D eigenvalue weighted by Gasteiger charge is -2.22. The van der Waals surface area contributed by atoms with Crippen molar-refractivity contribution >= 4 is 11.8 Å². The maximum atomic E-state index is 12.2. The van der Waals surface area contributed by atoms with Crippen molar-refractivity contribution in [2.75, 3.05) is 6.54 Å². The van der Waals surface area contributed by atoms with Crippen LogP contribution in [0.15, 0.2) is 5.10 Å². The fraction of sp³-hybridized carbons (Fsp3) is 0.778. The van der Waals surface area contributed by atoms with Crippen molar-refractivity contribution in [3.63, 3.8) is 0 Å². The van der Waals surface area contributed by atoms with E-state index in [4.69, 9.17) is 4.74 Å². The van der Waals surface area contributed by atoms with Crippen LogP contribution in [0.4, 0.5) is 18.0 Å². The summed E-state index contributed by atoms with van der Waals surface area (Å²) in [4.78, 5) is 11.4. The topological polar surface area (TPSA) is 41.9 Å². The molecule has 92 valence electrons. The molecule has 4 nitrogen and oxygen atoms in total. The molecule has 0 aliphatic carbocycles. The van der Waals surface area contributed by atoms with Crippen LogP contribution in [0.5, 0.6) is 0 Å². The van der Waals surface area contributed by atoms with Gasteiger partial charge in [-0.3, -0.25) is 0 Å². The number of amides is 1.